The van der Waals surface area contributed by atoms with E-state index in [9.17, 15) is 0 Å². The number of nitrogen functional groups attached to an aromatic ring is 1. The predicted octanol–water partition coefficient (Wildman–Crippen LogP) is 3.30. The van der Waals surface area contributed by atoms with Gasteiger partial charge in [0.25, 0.3) is 0 Å². The minimum atomic E-state index is 0.0680. The minimum absolute atomic E-state index is 0.0680. The van der Waals surface area contributed by atoms with Crippen LogP contribution < -0.4 is 5.73 Å². The number of aromatic nitrogens is 1. The lowest BCUT2D eigenvalue weighted by atomic mass is 10.1. The Morgan fingerprint density at radius 1 is 1.04 bits per heavy atom. The van der Waals surface area contributed by atoms with E-state index >= 15 is 0 Å². The average Bonchev–Trinajstić information content (AvgIpc) is 3.06. The number of amidine groups is 1. The Kier molecular flexibility index (Phi) is 4.50. The number of hydrogen-bond donors (Lipinski definition) is 3. The molecule has 0 aliphatic carbocycles. The Balaban J connectivity index is 1.83. The molecule has 0 bridgehead atoms. The maximum atomic E-state index is 8.96. The standard InChI is InChI=1S/C18H17N3OS/c19-17(20)14-7-5-13(6-8-14)16-11-23-18(21-16)15-3-1-12(2-4-15)9-10-22/h1-8,11,22H,9-10H2,(H3,19,20). The van der Waals surface area contributed by atoms with E-state index in [0.29, 0.717) is 12.0 Å². The van der Waals surface area contributed by atoms with Crippen LogP contribution in [0.1, 0.15) is 11.1 Å². The molecule has 0 saturated heterocycles. The van der Waals surface area contributed by atoms with E-state index in [1.807, 2.05) is 53.9 Å². The first-order valence-corrected chi connectivity index (χ1v) is 8.16. The van der Waals surface area contributed by atoms with Gasteiger partial charge >= 0.3 is 0 Å². The fourth-order valence-corrected chi connectivity index (χ4v) is 3.14. The molecule has 2 aromatic carbocycles. The summed E-state index contributed by atoms with van der Waals surface area (Å²) in [7, 11) is 0. The number of nitrogens with one attached hydrogen (secondary N) is 1. The van der Waals surface area contributed by atoms with Crippen molar-refractivity contribution in [3.05, 3.63) is 65.0 Å². The SMILES string of the molecule is N=C(N)c1ccc(-c2csc(-c3ccc(CCO)cc3)n2)cc1. The molecule has 0 aliphatic heterocycles. The van der Waals surface area contributed by atoms with Crippen molar-refractivity contribution < 1.29 is 5.11 Å². The van der Waals surface area contributed by atoms with Crippen LogP contribution in [-0.2, 0) is 6.42 Å². The van der Waals surface area contributed by atoms with Crippen LogP contribution in [0.15, 0.2) is 53.9 Å². The van der Waals surface area contributed by atoms with Gasteiger partial charge in [-0.2, -0.15) is 0 Å². The van der Waals surface area contributed by atoms with Crippen molar-refractivity contribution in [3.8, 4) is 21.8 Å². The van der Waals surface area contributed by atoms with Crippen LogP contribution in [-0.4, -0.2) is 22.5 Å². The molecule has 116 valence electrons. The molecule has 0 fully saturated rings. The molecule has 1 heterocycles. The Morgan fingerprint density at radius 3 is 2.30 bits per heavy atom. The van der Waals surface area contributed by atoms with Crippen molar-refractivity contribution in [1.29, 1.82) is 5.41 Å². The summed E-state index contributed by atoms with van der Waals surface area (Å²) in [6.07, 6.45) is 0.673. The molecule has 1 aromatic heterocycles. The summed E-state index contributed by atoms with van der Waals surface area (Å²) in [5, 5.41) is 19.4. The van der Waals surface area contributed by atoms with Gasteiger partial charge in [-0.15, -0.1) is 11.3 Å². The number of thiazole rings is 1. The fraction of sp³-hybridized carbons (Fsp3) is 0.111. The van der Waals surface area contributed by atoms with Crippen LogP contribution in [0.3, 0.4) is 0 Å². The largest absolute Gasteiger partial charge is 0.396 e. The lowest BCUT2D eigenvalue weighted by molar-refractivity contribution is 0.299. The number of rotatable bonds is 5. The second-order valence-electron chi connectivity index (χ2n) is 5.20. The topological polar surface area (TPSA) is 83.0 Å². The number of benzene rings is 2. The van der Waals surface area contributed by atoms with Crippen molar-refractivity contribution in [2.45, 2.75) is 6.42 Å². The monoisotopic (exact) mass is 323 g/mol. The Morgan fingerprint density at radius 2 is 1.70 bits per heavy atom. The Hall–Kier alpha value is -2.50. The quantitative estimate of drug-likeness (QED) is 0.497. The van der Waals surface area contributed by atoms with Gasteiger partial charge < -0.3 is 10.8 Å². The lowest BCUT2D eigenvalue weighted by Gasteiger charge is -2.01. The maximum Gasteiger partial charge on any atom is 0.124 e. The first-order valence-electron chi connectivity index (χ1n) is 7.28. The smallest absolute Gasteiger partial charge is 0.124 e. The second-order valence-corrected chi connectivity index (χ2v) is 6.06. The summed E-state index contributed by atoms with van der Waals surface area (Å²) < 4.78 is 0. The van der Waals surface area contributed by atoms with Crippen molar-refractivity contribution >= 4 is 17.2 Å². The van der Waals surface area contributed by atoms with Crippen LogP contribution in [0.25, 0.3) is 21.8 Å². The van der Waals surface area contributed by atoms with E-state index in [2.05, 4.69) is 4.98 Å². The van der Waals surface area contributed by atoms with Gasteiger partial charge in [-0.25, -0.2) is 4.98 Å². The van der Waals surface area contributed by atoms with Crippen LogP contribution in [0.5, 0.6) is 0 Å². The number of hydrogen-bond acceptors (Lipinski definition) is 4. The van der Waals surface area contributed by atoms with Gasteiger partial charge in [-0.05, 0) is 12.0 Å². The third-order valence-corrected chi connectivity index (χ3v) is 4.49. The van der Waals surface area contributed by atoms with Gasteiger partial charge in [-0.3, -0.25) is 5.41 Å². The summed E-state index contributed by atoms with van der Waals surface area (Å²) in [6, 6.07) is 15.6. The van der Waals surface area contributed by atoms with Gasteiger partial charge in [-0.1, -0.05) is 48.5 Å². The van der Waals surface area contributed by atoms with E-state index in [4.69, 9.17) is 16.2 Å². The van der Waals surface area contributed by atoms with E-state index < -0.39 is 0 Å². The summed E-state index contributed by atoms with van der Waals surface area (Å²) in [6.45, 7) is 0.164. The first-order chi connectivity index (χ1) is 11.2. The zero-order chi connectivity index (χ0) is 16.2. The van der Waals surface area contributed by atoms with Crippen LogP contribution >= 0.6 is 11.3 Å². The summed E-state index contributed by atoms with van der Waals surface area (Å²) in [4.78, 5) is 4.69. The zero-order valence-electron chi connectivity index (χ0n) is 12.5. The van der Waals surface area contributed by atoms with Gasteiger partial charge in [0, 0.05) is 28.7 Å². The Bertz CT molecular complexity index is 807. The van der Waals surface area contributed by atoms with Gasteiger partial charge in [0.2, 0.25) is 0 Å². The highest BCUT2D eigenvalue weighted by Crippen LogP contribution is 2.29. The highest BCUT2D eigenvalue weighted by Gasteiger charge is 2.07. The maximum absolute atomic E-state index is 8.96. The highest BCUT2D eigenvalue weighted by molar-refractivity contribution is 7.13. The molecule has 0 saturated carbocycles. The molecular weight excluding hydrogens is 306 g/mol. The van der Waals surface area contributed by atoms with Gasteiger partial charge in [0.15, 0.2) is 0 Å². The predicted molar refractivity (Wildman–Crippen MR) is 94.8 cm³/mol. The molecular formula is C18H17N3OS. The summed E-state index contributed by atoms with van der Waals surface area (Å²) in [5.74, 6) is 0.0680. The third-order valence-electron chi connectivity index (χ3n) is 3.60. The van der Waals surface area contributed by atoms with E-state index in [-0.39, 0.29) is 12.4 Å². The molecule has 0 aliphatic rings. The zero-order valence-corrected chi connectivity index (χ0v) is 13.3. The molecule has 4 nitrogen and oxygen atoms in total. The molecule has 5 heteroatoms. The molecule has 3 rings (SSSR count). The van der Waals surface area contributed by atoms with Gasteiger partial charge in [0.05, 0.1) is 5.69 Å². The van der Waals surface area contributed by atoms with Crippen molar-refractivity contribution in [2.24, 2.45) is 5.73 Å². The number of nitrogens with two attached hydrogens (primary N) is 1. The van der Waals surface area contributed by atoms with E-state index in [0.717, 1.165) is 27.4 Å². The summed E-state index contributed by atoms with van der Waals surface area (Å²) >= 11 is 1.60. The van der Waals surface area contributed by atoms with E-state index in [1.165, 1.54) is 0 Å². The van der Waals surface area contributed by atoms with Crippen molar-refractivity contribution in [3.63, 3.8) is 0 Å². The molecule has 0 spiro atoms. The van der Waals surface area contributed by atoms with Gasteiger partial charge in [0.1, 0.15) is 10.8 Å². The number of aliphatic hydroxyl groups excluding tert-OH is 1. The van der Waals surface area contributed by atoms with Crippen molar-refractivity contribution in [1.82, 2.24) is 4.98 Å². The fourth-order valence-electron chi connectivity index (χ4n) is 2.30. The number of aliphatic hydroxyl groups is 1. The van der Waals surface area contributed by atoms with Crippen LogP contribution in [0.4, 0.5) is 0 Å². The number of nitrogens with zero attached hydrogens (tertiary/aromatic N) is 1. The molecule has 23 heavy (non-hydrogen) atoms. The summed E-state index contributed by atoms with van der Waals surface area (Å²) in [5.41, 5.74) is 10.3. The molecule has 0 atom stereocenters. The minimum Gasteiger partial charge on any atom is -0.396 e. The third kappa shape index (κ3) is 3.47. The normalized spacial score (nSPS) is 10.7. The molecule has 4 N–H and O–H groups in total. The first kappa shape index (κ1) is 15.4. The van der Waals surface area contributed by atoms with E-state index in [1.54, 1.807) is 11.3 Å². The molecule has 0 radical (unpaired) electrons. The molecule has 0 unspecified atom stereocenters. The molecule has 3 aromatic rings. The average molecular weight is 323 g/mol. The van der Waals surface area contributed by atoms with Crippen LogP contribution in [0, 0.1) is 5.41 Å². The van der Waals surface area contributed by atoms with Crippen molar-refractivity contribution in [2.75, 3.05) is 6.61 Å². The second kappa shape index (κ2) is 6.73. The highest BCUT2D eigenvalue weighted by atomic mass is 32.1. The lowest BCUT2D eigenvalue weighted by Crippen LogP contribution is -2.10. The molecule has 0 amide bonds. The Labute approximate surface area is 138 Å². The van der Waals surface area contributed by atoms with Crippen LogP contribution in [0.2, 0.25) is 0 Å².